The Labute approximate surface area is 646 Å². The van der Waals surface area contributed by atoms with E-state index in [0.717, 1.165) is 61.3 Å². The largest absolute Gasteiger partial charge is 0.497 e. The number of benzene rings is 6. The molecule has 3 saturated heterocycles. The van der Waals surface area contributed by atoms with Gasteiger partial charge in [0.15, 0.2) is 17.1 Å². The lowest BCUT2D eigenvalue weighted by Crippen LogP contribution is -2.39. The average molecular weight is 1530 g/mol. The standard InChI is InChI=1S/2C28H30N4O6.C27H28N4O5/c1-18(33)17-38-28(36)25-23-14-16-31(20-8-6-19(7-9-20)30-15-4-3-5-24(30)34)27(35)26(23)32(29-25)21-10-12-22(37-2)13-11-21;1-18(17-33)38-28(36)25-23-14-16-31(20-8-6-19(7-9-20)30-15-4-3-5-24(30)34)27(35)26(23)32(29-25)21-10-12-22(37-2)13-11-21;1-3-36-27(34)24-22-15-17-30(19-9-7-18(8-10-19)29-16-5-4-6-23(29)32)26(33)25(22)31(28-24)20-11-13-21(35-2)14-12-20/h2*6-13,18,33H,3-5,14-17H2,1-2H3;7-14H,3-6,15-17H2,1-2H3. The molecule has 15 rings (SSSR count). The van der Waals surface area contributed by atoms with Crippen LogP contribution < -0.4 is 43.6 Å². The molecule has 0 saturated carbocycles. The second-order valence-corrected chi connectivity index (χ2v) is 27.6. The van der Waals surface area contributed by atoms with Crippen molar-refractivity contribution < 1.29 is 81.8 Å². The molecule has 112 heavy (non-hydrogen) atoms. The van der Waals surface area contributed by atoms with E-state index in [-0.39, 0.29) is 83.7 Å². The van der Waals surface area contributed by atoms with Gasteiger partial charge in [0.05, 0.1) is 57.7 Å². The first-order chi connectivity index (χ1) is 54.3. The minimum atomic E-state index is -0.821. The molecule has 3 aromatic heterocycles. The van der Waals surface area contributed by atoms with Gasteiger partial charge in [-0.25, -0.2) is 28.4 Å². The van der Waals surface area contributed by atoms with E-state index in [0.29, 0.717) is 146 Å². The highest BCUT2D eigenvalue weighted by molar-refractivity contribution is 6.12. The van der Waals surface area contributed by atoms with Crippen LogP contribution in [0.2, 0.25) is 0 Å². The van der Waals surface area contributed by atoms with Gasteiger partial charge in [-0.1, -0.05) is 0 Å². The molecule has 29 nitrogen and oxygen atoms in total. The molecule has 0 radical (unpaired) electrons. The number of anilines is 6. The second kappa shape index (κ2) is 34.6. The Bertz CT molecular complexity index is 4980. The SMILES string of the molecule is CCOC(=O)c1nn(-c2ccc(OC)cc2)c2c1CCN(c1ccc(N3CCCCC3=O)cc1)C2=O.COc1ccc(-n2nc(C(=O)OC(C)CO)c3c2C(=O)N(c2ccc(N4CCCCC4=O)cc2)CC3)cc1.COc1ccc(-n2nc(C(=O)OCC(C)O)c3c2C(=O)N(c2ccc(N4CCCCC4=O)cc2)CC3)cc1. The number of methoxy groups -OCH3 is 3. The fourth-order valence-electron chi connectivity index (χ4n) is 14.5. The van der Waals surface area contributed by atoms with Crippen LogP contribution in [0, 0.1) is 0 Å². The van der Waals surface area contributed by atoms with E-state index in [2.05, 4.69) is 15.3 Å². The Hall–Kier alpha value is -12.5. The van der Waals surface area contributed by atoms with E-state index in [9.17, 15) is 53.4 Å². The van der Waals surface area contributed by atoms with Crippen molar-refractivity contribution in [3.05, 3.63) is 196 Å². The van der Waals surface area contributed by atoms with E-state index in [1.54, 1.807) is 137 Å². The molecule has 0 bridgehead atoms. The summed E-state index contributed by atoms with van der Waals surface area (Å²) >= 11 is 0. The quantitative estimate of drug-likeness (QED) is 0.0529. The highest BCUT2D eigenvalue weighted by atomic mass is 16.6. The van der Waals surface area contributed by atoms with Gasteiger partial charge in [0.2, 0.25) is 17.7 Å². The molecular weight excluding hydrogens is 1440 g/mol. The van der Waals surface area contributed by atoms with Crippen LogP contribution in [-0.2, 0) is 47.9 Å². The molecule has 29 heteroatoms. The zero-order valence-corrected chi connectivity index (χ0v) is 63.2. The molecule has 0 aliphatic carbocycles. The Morgan fingerprint density at radius 3 is 0.920 bits per heavy atom. The molecule has 6 aliphatic rings. The van der Waals surface area contributed by atoms with Gasteiger partial charge >= 0.3 is 17.9 Å². The number of aliphatic hydroxyl groups is 2. The first-order valence-corrected chi connectivity index (χ1v) is 37.6. The lowest BCUT2D eigenvalue weighted by Gasteiger charge is -2.29. The van der Waals surface area contributed by atoms with E-state index < -0.39 is 30.1 Å². The number of aliphatic hydroxyl groups excluding tert-OH is 2. The van der Waals surface area contributed by atoms with Crippen LogP contribution in [0.4, 0.5) is 34.1 Å². The van der Waals surface area contributed by atoms with Gasteiger partial charge in [0.25, 0.3) is 17.7 Å². The molecular formula is C83H88N12O17. The average Bonchev–Trinajstić information content (AvgIpc) is 1.60. The van der Waals surface area contributed by atoms with Crippen LogP contribution in [0.15, 0.2) is 146 Å². The van der Waals surface area contributed by atoms with Crippen LogP contribution in [-0.4, -0.2) is 186 Å². The fraction of sp³-hybridized carbons (Fsp3) is 0.349. The van der Waals surface area contributed by atoms with Gasteiger partial charge in [0, 0.05) is 109 Å². The Kier molecular flexibility index (Phi) is 24.0. The molecule has 9 heterocycles. The van der Waals surface area contributed by atoms with Crippen LogP contribution in [0.25, 0.3) is 17.1 Å². The number of amides is 6. The number of hydrogen-bond acceptors (Lipinski definition) is 20. The lowest BCUT2D eigenvalue weighted by atomic mass is 10.0. The maximum atomic E-state index is 13.9. The summed E-state index contributed by atoms with van der Waals surface area (Å²) in [5, 5.41) is 32.4. The number of fused-ring (bicyclic) bond motifs is 3. The van der Waals surface area contributed by atoms with Crippen molar-refractivity contribution in [2.75, 3.05) is 110 Å². The molecule has 3 fully saturated rings. The summed E-state index contributed by atoms with van der Waals surface area (Å²) in [5.74, 6) is -0.461. The van der Waals surface area contributed by atoms with E-state index in [4.69, 9.17) is 28.4 Å². The van der Waals surface area contributed by atoms with Crippen molar-refractivity contribution in [3.63, 3.8) is 0 Å². The summed E-state index contributed by atoms with van der Waals surface area (Å²) in [4.78, 5) is 127. The van der Waals surface area contributed by atoms with Crippen LogP contribution in [0.3, 0.4) is 0 Å². The predicted octanol–water partition coefficient (Wildman–Crippen LogP) is 10.1. The maximum Gasteiger partial charge on any atom is 0.359 e. The number of esters is 3. The first-order valence-electron chi connectivity index (χ1n) is 37.6. The summed E-state index contributed by atoms with van der Waals surface area (Å²) in [7, 11) is 4.71. The fourth-order valence-corrected chi connectivity index (χ4v) is 14.5. The van der Waals surface area contributed by atoms with Crippen LogP contribution in [0.5, 0.6) is 17.2 Å². The number of nitrogens with zero attached hydrogens (tertiary/aromatic N) is 12. The van der Waals surface area contributed by atoms with Crippen LogP contribution >= 0.6 is 0 Å². The third-order valence-corrected chi connectivity index (χ3v) is 20.3. The number of hydrogen-bond donors (Lipinski definition) is 2. The maximum absolute atomic E-state index is 13.9. The number of ether oxygens (including phenoxy) is 6. The molecule has 0 spiro atoms. The van der Waals surface area contributed by atoms with Gasteiger partial charge in [-0.2, -0.15) is 15.3 Å². The third kappa shape index (κ3) is 16.4. The Balaban J connectivity index is 0.000000147. The van der Waals surface area contributed by atoms with Crippen molar-refractivity contribution >= 4 is 87.5 Å². The highest BCUT2D eigenvalue weighted by Crippen LogP contribution is 2.37. The number of rotatable bonds is 20. The van der Waals surface area contributed by atoms with Gasteiger partial charge in [0.1, 0.15) is 47.0 Å². The summed E-state index contributed by atoms with van der Waals surface area (Å²) < 4.78 is 35.9. The van der Waals surface area contributed by atoms with Crippen LogP contribution in [0.1, 0.15) is 158 Å². The number of aromatic nitrogens is 6. The minimum Gasteiger partial charge on any atom is -0.497 e. The Morgan fingerprint density at radius 1 is 0.375 bits per heavy atom. The topological polar surface area (TPSA) is 322 Å². The van der Waals surface area contributed by atoms with E-state index in [1.165, 1.54) is 21.0 Å². The monoisotopic (exact) mass is 1520 g/mol. The predicted molar refractivity (Wildman–Crippen MR) is 414 cm³/mol. The molecule has 6 aliphatic heterocycles. The zero-order valence-electron chi connectivity index (χ0n) is 63.2. The number of carbonyl (C=O) groups excluding carboxylic acids is 9. The Morgan fingerprint density at radius 2 is 0.652 bits per heavy atom. The van der Waals surface area contributed by atoms with Gasteiger partial charge in [-0.3, -0.25) is 28.8 Å². The zero-order chi connectivity index (χ0) is 78.9. The van der Waals surface area contributed by atoms with Crippen molar-refractivity contribution in [1.29, 1.82) is 0 Å². The molecule has 2 unspecified atom stereocenters. The number of piperidine rings is 3. The van der Waals surface area contributed by atoms with Crippen molar-refractivity contribution in [1.82, 2.24) is 29.3 Å². The normalized spacial score (nSPS) is 16.1. The summed E-state index contributed by atoms with van der Waals surface area (Å²) in [6.07, 6.45) is 7.05. The summed E-state index contributed by atoms with van der Waals surface area (Å²) in [6.45, 7) is 7.75. The highest BCUT2D eigenvalue weighted by Gasteiger charge is 2.40. The minimum absolute atomic E-state index is 0.0584. The molecule has 2 atom stereocenters. The molecule has 6 amide bonds. The van der Waals surface area contributed by atoms with E-state index in [1.807, 2.05) is 72.8 Å². The first kappa shape index (κ1) is 77.7. The smallest absolute Gasteiger partial charge is 0.359 e. The summed E-state index contributed by atoms with van der Waals surface area (Å²) in [6, 6.07) is 43.5. The second-order valence-electron chi connectivity index (χ2n) is 27.6. The lowest BCUT2D eigenvalue weighted by molar-refractivity contribution is -0.120. The van der Waals surface area contributed by atoms with E-state index >= 15 is 0 Å². The van der Waals surface area contributed by atoms with Gasteiger partial charge < -0.3 is 68.0 Å². The molecule has 6 aromatic carbocycles. The molecule has 2 N–H and O–H groups in total. The van der Waals surface area contributed by atoms with Crippen molar-refractivity contribution in [2.24, 2.45) is 0 Å². The van der Waals surface area contributed by atoms with Crippen molar-refractivity contribution in [2.45, 2.75) is 110 Å². The van der Waals surface area contributed by atoms with Gasteiger partial charge in [-0.05, 0) is 224 Å². The number of carbonyl (C=O) groups is 9. The summed E-state index contributed by atoms with van der Waals surface area (Å²) in [5.41, 5.74) is 9.15. The third-order valence-electron chi connectivity index (χ3n) is 20.3. The van der Waals surface area contributed by atoms with Gasteiger partial charge in [-0.15, -0.1) is 0 Å². The molecule has 9 aromatic rings. The molecule has 582 valence electrons. The van der Waals surface area contributed by atoms with Crippen molar-refractivity contribution in [3.8, 4) is 34.3 Å².